The summed E-state index contributed by atoms with van der Waals surface area (Å²) in [5.74, 6) is 0. The molecule has 2 rings (SSSR count). The van der Waals surface area contributed by atoms with Crippen molar-refractivity contribution in [2.45, 2.75) is 32.0 Å². The number of rotatable bonds is 4. The molecule has 1 aliphatic carbocycles. The molecule has 1 fully saturated rings. The lowest BCUT2D eigenvalue weighted by molar-refractivity contribution is -0.145. The van der Waals surface area contributed by atoms with Crippen LogP contribution in [0.15, 0.2) is 0 Å². The minimum Gasteiger partial charge on any atom is -0.396 e. The molecule has 1 saturated carbocycles. The molecule has 8 heteroatoms. The lowest BCUT2D eigenvalue weighted by Gasteiger charge is -2.15. The molecule has 1 aromatic heterocycles. The van der Waals surface area contributed by atoms with E-state index in [0.717, 1.165) is 4.68 Å². The van der Waals surface area contributed by atoms with Crippen LogP contribution in [0.4, 0.5) is 13.2 Å². The predicted molar refractivity (Wildman–Crippen MR) is 53.1 cm³/mol. The van der Waals surface area contributed by atoms with Gasteiger partial charge in [0.2, 0.25) is 0 Å². The number of nitrogens with zero attached hydrogens (tertiary/aromatic N) is 4. The summed E-state index contributed by atoms with van der Waals surface area (Å²) in [6, 6.07) is 1.64. The van der Waals surface area contributed by atoms with Crippen LogP contribution in [0.25, 0.3) is 0 Å². The van der Waals surface area contributed by atoms with Crippen LogP contribution in [0.5, 0.6) is 0 Å². The summed E-state index contributed by atoms with van der Waals surface area (Å²) in [6.07, 6.45) is -3.68. The molecule has 1 N–H and O–H groups in total. The van der Waals surface area contributed by atoms with Crippen molar-refractivity contribution in [3.8, 4) is 6.07 Å². The summed E-state index contributed by atoms with van der Waals surface area (Å²) in [6.45, 7) is -0.186. The molecule has 5 nitrogen and oxygen atoms in total. The third-order valence-corrected chi connectivity index (χ3v) is 3.10. The molecule has 0 aromatic carbocycles. The summed E-state index contributed by atoms with van der Waals surface area (Å²) in [7, 11) is 0. The summed E-state index contributed by atoms with van der Waals surface area (Å²) >= 11 is 0. The van der Waals surface area contributed by atoms with Gasteiger partial charge in [0.15, 0.2) is 5.69 Å². The van der Waals surface area contributed by atoms with Crippen LogP contribution >= 0.6 is 0 Å². The van der Waals surface area contributed by atoms with Crippen molar-refractivity contribution < 1.29 is 18.3 Å². The smallest absolute Gasteiger partial charge is 0.396 e. The zero-order valence-electron chi connectivity index (χ0n) is 9.41. The van der Waals surface area contributed by atoms with Gasteiger partial charge in [-0.15, -0.1) is 5.10 Å². The molecular weight excluding hydrogens is 249 g/mol. The highest BCUT2D eigenvalue weighted by Gasteiger charge is 2.46. The zero-order valence-corrected chi connectivity index (χ0v) is 9.41. The van der Waals surface area contributed by atoms with E-state index in [2.05, 4.69) is 10.3 Å². The van der Waals surface area contributed by atoms with Crippen LogP contribution in [0.2, 0.25) is 0 Å². The monoisotopic (exact) mass is 260 g/mol. The number of hydrogen-bond acceptors (Lipinski definition) is 4. The fraction of sp³-hybridized carbons (Fsp3) is 0.700. The van der Waals surface area contributed by atoms with Gasteiger partial charge in [0.1, 0.15) is 5.69 Å². The molecule has 0 bridgehead atoms. The molecule has 0 spiro atoms. The van der Waals surface area contributed by atoms with Crippen molar-refractivity contribution in [2.24, 2.45) is 5.41 Å². The Balaban J connectivity index is 2.33. The topological polar surface area (TPSA) is 74.7 Å². The van der Waals surface area contributed by atoms with Gasteiger partial charge in [0.25, 0.3) is 0 Å². The summed E-state index contributed by atoms with van der Waals surface area (Å²) in [5, 5.41) is 24.5. The van der Waals surface area contributed by atoms with E-state index < -0.39 is 23.7 Å². The van der Waals surface area contributed by atoms with Crippen LogP contribution in [-0.4, -0.2) is 26.7 Å². The van der Waals surface area contributed by atoms with Gasteiger partial charge in [-0.1, -0.05) is 5.21 Å². The second kappa shape index (κ2) is 4.24. The van der Waals surface area contributed by atoms with Crippen molar-refractivity contribution in [1.82, 2.24) is 15.0 Å². The molecule has 18 heavy (non-hydrogen) atoms. The summed E-state index contributed by atoms with van der Waals surface area (Å²) in [4.78, 5) is 0. The number of aliphatic hydroxyl groups excluding tert-OH is 1. The van der Waals surface area contributed by atoms with Gasteiger partial charge in [-0.2, -0.15) is 18.4 Å². The SMILES string of the molecule is N#CCc1nnn(CC2(CO)CC2)c1C(F)(F)F. The molecular formula is C10H11F3N4O. The Morgan fingerprint density at radius 1 is 1.44 bits per heavy atom. The van der Waals surface area contributed by atoms with Gasteiger partial charge >= 0.3 is 6.18 Å². The Morgan fingerprint density at radius 2 is 2.11 bits per heavy atom. The van der Waals surface area contributed by atoms with E-state index >= 15 is 0 Å². The fourth-order valence-corrected chi connectivity index (χ4v) is 1.82. The third-order valence-electron chi connectivity index (χ3n) is 3.10. The maximum atomic E-state index is 12.9. The highest BCUT2D eigenvalue weighted by Crippen LogP contribution is 2.47. The largest absolute Gasteiger partial charge is 0.434 e. The van der Waals surface area contributed by atoms with Crippen molar-refractivity contribution in [3.05, 3.63) is 11.4 Å². The average molecular weight is 260 g/mol. The van der Waals surface area contributed by atoms with E-state index in [4.69, 9.17) is 10.4 Å². The average Bonchev–Trinajstić information content (AvgIpc) is 2.93. The second-order valence-electron chi connectivity index (χ2n) is 4.53. The number of nitriles is 1. The van der Waals surface area contributed by atoms with Crippen LogP contribution < -0.4 is 0 Å². The van der Waals surface area contributed by atoms with Crippen LogP contribution in [-0.2, 0) is 19.1 Å². The number of alkyl halides is 3. The first-order valence-electron chi connectivity index (χ1n) is 5.39. The quantitative estimate of drug-likeness (QED) is 0.880. The highest BCUT2D eigenvalue weighted by atomic mass is 19.4. The molecule has 0 unspecified atom stereocenters. The van der Waals surface area contributed by atoms with E-state index in [1.165, 1.54) is 0 Å². The maximum Gasteiger partial charge on any atom is 0.434 e. The molecule has 0 atom stereocenters. The van der Waals surface area contributed by atoms with Crippen LogP contribution in [0.3, 0.4) is 0 Å². The second-order valence-corrected chi connectivity index (χ2v) is 4.53. The molecule has 0 radical (unpaired) electrons. The number of aromatic nitrogens is 3. The molecule has 0 aliphatic heterocycles. The van der Waals surface area contributed by atoms with Crippen LogP contribution in [0, 0.1) is 16.7 Å². The number of hydrogen-bond donors (Lipinski definition) is 1. The van der Waals surface area contributed by atoms with Gasteiger partial charge in [-0.25, -0.2) is 4.68 Å². The molecule has 1 aliphatic rings. The van der Waals surface area contributed by atoms with Gasteiger partial charge in [0, 0.05) is 5.41 Å². The van der Waals surface area contributed by atoms with Crippen molar-refractivity contribution in [3.63, 3.8) is 0 Å². The Kier molecular flexibility index (Phi) is 3.02. The molecule has 0 amide bonds. The van der Waals surface area contributed by atoms with Gasteiger partial charge < -0.3 is 5.11 Å². The predicted octanol–water partition coefficient (Wildman–Crippen LogP) is 1.14. The summed E-state index contributed by atoms with van der Waals surface area (Å²) < 4.78 is 39.4. The highest BCUT2D eigenvalue weighted by molar-refractivity contribution is 5.18. The summed E-state index contributed by atoms with van der Waals surface area (Å²) in [5.41, 5.74) is -1.85. The zero-order chi connectivity index (χ0) is 13.4. The first kappa shape index (κ1) is 12.8. The van der Waals surface area contributed by atoms with Gasteiger partial charge in [-0.3, -0.25) is 0 Å². The van der Waals surface area contributed by atoms with Crippen molar-refractivity contribution >= 4 is 0 Å². The standard InChI is InChI=1S/C10H11F3N4O/c11-10(12,13)8-7(1-4-14)15-16-17(8)5-9(6-18)2-3-9/h18H,1-3,5-6H2. The molecule has 98 valence electrons. The van der Waals surface area contributed by atoms with Crippen molar-refractivity contribution in [1.29, 1.82) is 5.26 Å². The lowest BCUT2D eigenvalue weighted by Crippen LogP contribution is -2.23. The van der Waals surface area contributed by atoms with E-state index in [9.17, 15) is 13.2 Å². The first-order valence-corrected chi connectivity index (χ1v) is 5.39. The molecule has 0 saturated heterocycles. The van der Waals surface area contributed by atoms with E-state index in [1.54, 1.807) is 6.07 Å². The maximum absolute atomic E-state index is 12.9. The number of halogens is 3. The minimum absolute atomic E-state index is 0.0171. The molecule has 1 aromatic rings. The Labute approximate surface area is 101 Å². The van der Waals surface area contributed by atoms with E-state index in [0.29, 0.717) is 12.8 Å². The third kappa shape index (κ3) is 2.31. The van der Waals surface area contributed by atoms with Gasteiger partial charge in [-0.05, 0) is 12.8 Å². The van der Waals surface area contributed by atoms with Crippen molar-refractivity contribution in [2.75, 3.05) is 6.61 Å². The first-order chi connectivity index (χ1) is 8.42. The van der Waals surface area contributed by atoms with E-state index in [-0.39, 0.29) is 18.8 Å². The van der Waals surface area contributed by atoms with Gasteiger partial charge in [0.05, 0.1) is 25.6 Å². The van der Waals surface area contributed by atoms with Crippen LogP contribution in [0.1, 0.15) is 24.2 Å². The lowest BCUT2D eigenvalue weighted by atomic mass is 10.1. The Bertz CT molecular complexity index is 484. The molecule has 1 heterocycles. The number of aliphatic hydroxyl groups is 1. The fourth-order valence-electron chi connectivity index (χ4n) is 1.82. The van der Waals surface area contributed by atoms with E-state index in [1.807, 2.05) is 0 Å². The Hall–Kier alpha value is -1.62. The normalized spacial score (nSPS) is 17.5. The minimum atomic E-state index is -4.60. The Morgan fingerprint density at radius 3 is 2.56 bits per heavy atom.